The third-order valence-corrected chi connectivity index (χ3v) is 3.54. The molecule has 0 radical (unpaired) electrons. The second kappa shape index (κ2) is 4.80. The molecule has 15 heavy (non-hydrogen) atoms. The van der Waals surface area contributed by atoms with Crippen LogP contribution in [0.25, 0.3) is 0 Å². The molecule has 0 spiro atoms. The zero-order valence-electron chi connectivity index (χ0n) is 9.63. The van der Waals surface area contributed by atoms with E-state index in [2.05, 4.69) is 25.1 Å². The third kappa shape index (κ3) is 2.40. The number of rotatable bonds is 3. The first-order valence-corrected chi connectivity index (χ1v) is 6.13. The van der Waals surface area contributed by atoms with Crippen LogP contribution in [0.1, 0.15) is 48.8 Å². The van der Waals surface area contributed by atoms with Crippen molar-refractivity contribution in [2.75, 3.05) is 6.54 Å². The molecule has 1 nitrogen and oxygen atoms in total. The smallest absolute Gasteiger partial charge is 0.00715 e. The van der Waals surface area contributed by atoms with Gasteiger partial charge in [0.25, 0.3) is 0 Å². The fourth-order valence-corrected chi connectivity index (χ4v) is 2.48. The predicted octanol–water partition coefficient (Wildman–Crippen LogP) is 3.02. The Morgan fingerprint density at radius 2 is 1.93 bits per heavy atom. The molecule has 1 aromatic carbocycles. The van der Waals surface area contributed by atoms with E-state index in [1.165, 1.54) is 31.2 Å². The number of aryl methyl sites for hydroxylation is 2. The number of hydrogen-bond acceptors (Lipinski definition) is 1. The van der Waals surface area contributed by atoms with Gasteiger partial charge in [-0.25, -0.2) is 0 Å². The van der Waals surface area contributed by atoms with Crippen molar-refractivity contribution < 1.29 is 0 Å². The molecule has 1 heteroatoms. The molecular weight excluding hydrogens is 182 g/mol. The quantitative estimate of drug-likeness (QED) is 0.803. The Bertz CT molecular complexity index is 330. The van der Waals surface area contributed by atoms with Crippen molar-refractivity contribution in [3.05, 3.63) is 34.9 Å². The molecule has 0 bridgehead atoms. The van der Waals surface area contributed by atoms with Crippen molar-refractivity contribution in [1.29, 1.82) is 0 Å². The highest BCUT2D eigenvalue weighted by atomic mass is 14.5. The van der Waals surface area contributed by atoms with Crippen LogP contribution < -0.4 is 5.73 Å². The molecule has 1 atom stereocenters. The first-order valence-electron chi connectivity index (χ1n) is 6.13. The lowest BCUT2D eigenvalue weighted by Gasteiger charge is -2.18. The van der Waals surface area contributed by atoms with Gasteiger partial charge in [0.2, 0.25) is 0 Å². The van der Waals surface area contributed by atoms with Gasteiger partial charge >= 0.3 is 0 Å². The Morgan fingerprint density at radius 1 is 1.20 bits per heavy atom. The fraction of sp³-hybridized carbons (Fsp3) is 0.571. The summed E-state index contributed by atoms with van der Waals surface area (Å²) in [6.45, 7) is 3.07. The van der Waals surface area contributed by atoms with Crippen LogP contribution in [0.5, 0.6) is 0 Å². The lowest BCUT2D eigenvalue weighted by atomic mass is 9.87. The molecule has 1 aliphatic rings. The second-order valence-electron chi connectivity index (χ2n) is 4.71. The Morgan fingerprint density at radius 3 is 2.67 bits per heavy atom. The summed E-state index contributed by atoms with van der Waals surface area (Å²) in [5, 5.41) is 0. The lowest BCUT2D eigenvalue weighted by molar-refractivity contribution is 0.667. The molecule has 0 heterocycles. The van der Waals surface area contributed by atoms with Crippen LogP contribution in [0, 0.1) is 0 Å². The van der Waals surface area contributed by atoms with Crippen LogP contribution in [-0.4, -0.2) is 6.54 Å². The fourth-order valence-electron chi connectivity index (χ4n) is 2.48. The molecule has 1 unspecified atom stereocenters. The van der Waals surface area contributed by atoms with E-state index in [0.29, 0.717) is 5.92 Å². The summed E-state index contributed by atoms with van der Waals surface area (Å²) in [5.74, 6) is 0.613. The molecule has 1 aliphatic carbocycles. The third-order valence-electron chi connectivity index (χ3n) is 3.54. The summed E-state index contributed by atoms with van der Waals surface area (Å²) in [6.07, 6.45) is 6.38. The molecule has 0 saturated heterocycles. The summed E-state index contributed by atoms with van der Waals surface area (Å²) in [6, 6.07) is 7.04. The zero-order chi connectivity index (χ0) is 10.7. The number of benzene rings is 1. The van der Waals surface area contributed by atoms with Gasteiger partial charge in [-0.15, -0.1) is 0 Å². The molecular formula is C14H21N. The number of nitrogens with two attached hydrogens (primary N) is 1. The van der Waals surface area contributed by atoms with Crippen molar-refractivity contribution in [1.82, 2.24) is 0 Å². The highest BCUT2D eigenvalue weighted by Gasteiger charge is 2.11. The minimum atomic E-state index is 0.613. The van der Waals surface area contributed by atoms with Crippen LogP contribution in [0.3, 0.4) is 0 Å². The average Bonchev–Trinajstić information content (AvgIpc) is 2.29. The Labute approximate surface area is 92.7 Å². The number of hydrogen-bond donors (Lipinski definition) is 1. The van der Waals surface area contributed by atoms with Crippen molar-refractivity contribution in [2.24, 2.45) is 5.73 Å². The summed E-state index contributed by atoms with van der Waals surface area (Å²) in [4.78, 5) is 0. The molecule has 2 rings (SSSR count). The summed E-state index contributed by atoms with van der Waals surface area (Å²) in [5.41, 5.74) is 10.2. The highest BCUT2D eigenvalue weighted by Crippen LogP contribution is 2.26. The van der Waals surface area contributed by atoms with Crippen molar-refractivity contribution in [2.45, 2.75) is 44.9 Å². The topological polar surface area (TPSA) is 26.0 Å². The molecule has 2 N–H and O–H groups in total. The SMILES string of the molecule is CC(CCN)c1ccc2c(c1)CCCC2. The molecule has 0 fully saturated rings. The van der Waals surface area contributed by atoms with Crippen molar-refractivity contribution in [3.8, 4) is 0 Å². The largest absolute Gasteiger partial charge is 0.330 e. The van der Waals surface area contributed by atoms with Gasteiger partial charge < -0.3 is 5.73 Å². The summed E-state index contributed by atoms with van der Waals surface area (Å²) in [7, 11) is 0. The van der Waals surface area contributed by atoms with Crippen LogP contribution in [-0.2, 0) is 12.8 Å². The molecule has 82 valence electrons. The van der Waals surface area contributed by atoms with E-state index in [-0.39, 0.29) is 0 Å². The van der Waals surface area contributed by atoms with Gasteiger partial charge in [-0.3, -0.25) is 0 Å². The standard InChI is InChI=1S/C14H21N/c1-11(8-9-15)13-7-6-12-4-2-3-5-14(12)10-13/h6-7,10-11H,2-5,8-9,15H2,1H3. The Kier molecular flexibility index (Phi) is 3.42. The van der Waals surface area contributed by atoms with Gasteiger partial charge in [0.1, 0.15) is 0 Å². The second-order valence-corrected chi connectivity index (χ2v) is 4.71. The van der Waals surface area contributed by atoms with E-state index >= 15 is 0 Å². The minimum Gasteiger partial charge on any atom is -0.330 e. The van der Waals surface area contributed by atoms with Crippen LogP contribution >= 0.6 is 0 Å². The first kappa shape index (κ1) is 10.7. The van der Waals surface area contributed by atoms with Gasteiger partial charge in [-0.1, -0.05) is 25.1 Å². The summed E-state index contributed by atoms with van der Waals surface area (Å²) >= 11 is 0. The van der Waals surface area contributed by atoms with Gasteiger partial charge in [0.05, 0.1) is 0 Å². The van der Waals surface area contributed by atoms with E-state index in [4.69, 9.17) is 5.73 Å². The zero-order valence-corrected chi connectivity index (χ0v) is 9.63. The van der Waals surface area contributed by atoms with Crippen LogP contribution in [0.15, 0.2) is 18.2 Å². The monoisotopic (exact) mass is 203 g/mol. The Balaban J connectivity index is 2.20. The van der Waals surface area contributed by atoms with E-state index in [1.54, 1.807) is 11.1 Å². The molecule has 0 saturated carbocycles. The minimum absolute atomic E-state index is 0.613. The Hall–Kier alpha value is -0.820. The van der Waals surface area contributed by atoms with Gasteiger partial charge in [0, 0.05) is 0 Å². The number of fused-ring (bicyclic) bond motifs is 1. The predicted molar refractivity (Wildman–Crippen MR) is 65.2 cm³/mol. The maximum absolute atomic E-state index is 5.60. The first-order chi connectivity index (χ1) is 7.31. The maximum atomic E-state index is 5.60. The van der Waals surface area contributed by atoms with Crippen molar-refractivity contribution >= 4 is 0 Å². The van der Waals surface area contributed by atoms with E-state index < -0.39 is 0 Å². The normalized spacial score (nSPS) is 17.2. The van der Waals surface area contributed by atoms with E-state index in [9.17, 15) is 0 Å². The van der Waals surface area contributed by atoms with Crippen LogP contribution in [0.2, 0.25) is 0 Å². The molecule has 1 aromatic rings. The van der Waals surface area contributed by atoms with E-state index in [1.807, 2.05) is 0 Å². The average molecular weight is 203 g/mol. The molecule has 0 amide bonds. The van der Waals surface area contributed by atoms with Crippen LogP contribution in [0.4, 0.5) is 0 Å². The lowest BCUT2D eigenvalue weighted by Crippen LogP contribution is -2.07. The van der Waals surface area contributed by atoms with Gasteiger partial charge in [-0.05, 0) is 61.3 Å². The summed E-state index contributed by atoms with van der Waals surface area (Å²) < 4.78 is 0. The maximum Gasteiger partial charge on any atom is -0.00715 e. The van der Waals surface area contributed by atoms with Crippen molar-refractivity contribution in [3.63, 3.8) is 0 Å². The molecule has 0 aliphatic heterocycles. The van der Waals surface area contributed by atoms with Gasteiger partial charge in [0.15, 0.2) is 0 Å². The highest BCUT2D eigenvalue weighted by molar-refractivity contribution is 5.35. The molecule has 0 aromatic heterocycles. The van der Waals surface area contributed by atoms with E-state index in [0.717, 1.165) is 13.0 Å². The van der Waals surface area contributed by atoms with Gasteiger partial charge in [-0.2, -0.15) is 0 Å².